The maximum atomic E-state index is 12.8. The van der Waals surface area contributed by atoms with Crippen LogP contribution in [0.3, 0.4) is 0 Å². The van der Waals surface area contributed by atoms with Crippen LogP contribution in [0.4, 0.5) is 11.5 Å². The fourth-order valence-electron chi connectivity index (χ4n) is 4.11. The Morgan fingerprint density at radius 2 is 1.82 bits per heavy atom. The summed E-state index contributed by atoms with van der Waals surface area (Å²) in [5.41, 5.74) is 2.80. The minimum Gasteiger partial charge on any atom is -0.493 e. The summed E-state index contributed by atoms with van der Waals surface area (Å²) in [6.45, 7) is 1.06. The number of pyridine rings is 1. The van der Waals surface area contributed by atoms with Crippen molar-refractivity contribution >= 4 is 39.5 Å². The topological polar surface area (TPSA) is 122 Å². The van der Waals surface area contributed by atoms with Crippen LogP contribution in [-0.4, -0.2) is 54.0 Å². The van der Waals surface area contributed by atoms with Crippen molar-refractivity contribution in [1.29, 1.82) is 0 Å². The molecule has 0 spiro atoms. The summed E-state index contributed by atoms with van der Waals surface area (Å²) < 4.78 is 22.4. The predicted molar refractivity (Wildman–Crippen MR) is 149 cm³/mol. The lowest BCUT2D eigenvalue weighted by Crippen LogP contribution is -2.09. The Hall–Kier alpha value is -5.09. The smallest absolute Gasteiger partial charge is 0.186 e. The van der Waals surface area contributed by atoms with Gasteiger partial charge in [0, 0.05) is 53.3 Å². The number of hydrogen-bond acceptors (Lipinski definition) is 10. The van der Waals surface area contributed by atoms with Gasteiger partial charge in [-0.05, 0) is 48.6 Å². The van der Waals surface area contributed by atoms with Gasteiger partial charge >= 0.3 is 0 Å². The van der Waals surface area contributed by atoms with Gasteiger partial charge in [0.2, 0.25) is 0 Å². The number of rotatable bonds is 11. The average molecular weight is 539 g/mol. The number of carbonyl (C=O) groups is 2. The van der Waals surface area contributed by atoms with E-state index in [9.17, 15) is 9.59 Å². The number of fused-ring (bicyclic) bond motifs is 1. The molecule has 2 aromatic heterocycles. The molecule has 0 aliphatic heterocycles. The molecule has 1 N–H and O–H groups in total. The first-order valence-corrected chi connectivity index (χ1v) is 12.4. The Kier molecular flexibility index (Phi) is 8.07. The first kappa shape index (κ1) is 26.5. The molecule has 0 unspecified atom stereocenters. The van der Waals surface area contributed by atoms with Crippen molar-refractivity contribution in [2.24, 2.45) is 0 Å². The van der Waals surface area contributed by atoms with Gasteiger partial charge in [0.25, 0.3) is 0 Å². The van der Waals surface area contributed by atoms with E-state index in [1.54, 1.807) is 56.9 Å². The number of benzene rings is 2. The van der Waals surface area contributed by atoms with Crippen LogP contribution in [0.1, 0.15) is 11.1 Å². The summed E-state index contributed by atoms with van der Waals surface area (Å²) >= 11 is 0. The standard InChI is InChI=1S/C30H26N4O6/c1-37-10-11-39-29-15-26-24(14-28(29)38-2)30(33-18-32-26)34-25-7-6-21(40-17-19-4-3-9-31-16-19)13-22(25)23-12-20(35)5-8-27(23)36/h3-9,12-16,18H,10-11,17H2,1-2H3,(H,32,33,34). The summed E-state index contributed by atoms with van der Waals surface area (Å²) in [5.74, 6) is 1.45. The number of hydrogen-bond donors (Lipinski definition) is 1. The van der Waals surface area contributed by atoms with Crippen LogP contribution in [0.5, 0.6) is 17.2 Å². The quantitative estimate of drug-likeness (QED) is 0.216. The van der Waals surface area contributed by atoms with E-state index in [1.165, 1.54) is 24.6 Å². The third-order valence-corrected chi connectivity index (χ3v) is 6.08. The van der Waals surface area contributed by atoms with E-state index >= 15 is 0 Å². The van der Waals surface area contributed by atoms with Crippen molar-refractivity contribution in [2.45, 2.75) is 6.61 Å². The molecule has 10 heteroatoms. The molecular formula is C30H26N4O6. The number of nitrogens with one attached hydrogen (secondary N) is 1. The monoisotopic (exact) mass is 538 g/mol. The third kappa shape index (κ3) is 5.97. The number of anilines is 2. The lowest BCUT2D eigenvalue weighted by atomic mass is 9.94. The van der Waals surface area contributed by atoms with E-state index in [2.05, 4.69) is 20.3 Å². The Bertz CT molecular complexity index is 1620. The van der Waals surface area contributed by atoms with Crippen molar-refractivity contribution in [3.63, 3.8) is 0 Å². The summed E-state index contributed by atoms with van der Waals surface area (Å²) in [4.78, 5) is 38.0. The Morgan fingerprint density at radius 1 is 0.925 bits per heavy atom. The first-order valence-electron chi connectivity index (χ1n) is 12.4. The molecule has 0 radical (unpaired) electrons. The normalized spacial score (nSPS) is 12.8. The summed E-state index contributed by atoms with van der Waals surface area (Å²) in [5, 5.41) is 3.98. The predicted octanol–water partition coefficient (Wildman–Crippen LogP) is 4.47. The average Bonchev–Trinajstić information content (AvgIpc) is 2.98. The molecule has 0 bridgehead atoms. The van der Waals surface area contributed by atoms with E-state index < -0.39 is 0 Å². The second-order valence-corrected chi connectivity index (χ2v) is 8.72. The molecule has 4 aromatic rings. The number of ether oxygens (including phenoxy) is 4. The van der Waals surface area contributed by atoms with Crippen LogP contribution >= 0.6 is 0 Å². The molecule has 1 aliphatic carbocycles. The number of methoxy groups -OCH3 is 2. The van der Waals surface area contributed by atoms with Gasteiger partial charge < -0.3 is 24.3 Å². The summed E-state index contributed by atoms with van der Waals surface area (Å²) in [7, 11) is 3.15. The van der Waals surface area contributed by atoms with Gasteiger partial charge in [-0.1, -0.05) is 6.07 Å². The zero-order valence-corrected chi connectivity index (χ0v) is 21.9. The lowest BCUT2D eigenvalue weighted by molar-refractivity contribution is -0.113. The van der Waals surface area contributed by atoms with E-state index in [0.717, 1.165) is 5.56 Å². The largest absolute Gasteiger partial charge is 0.493 e. The molecule has 0 saturated heterocycles. The molecular weight excluding hydrogens is 512 g/mol. The summed E-state index contributed by atoms with van der Waals surface area (Å²) in [6, 6.07) is 12.6. The minimum atomic E-state index is -0.292. The van der Waals surface area contributed by atoms with Gasteiger partial charge in [0.15, 0.2) is 23.1 Å². The Labute approximate surface area is 230 Å². The zero-order chi connectivity index (χ0) is 27.9. The Balaban J connectivity index is 1.51. The van der Waals surface area contributed by atoms with Crippen molar-refractivity contribution in [1.82, 2.24) is 15.0 Å². The highest BCUT2D eigenvalue weighted by Crippen LogP contribution is 2.37. The maximum absolute atomic E-state index is 12.8. The van der Waals surface area contributed by atoms with Crippen LogP contribution in [0.2, 0.25) is 0 Å². The second-order valence-electron chi connectivity index (χ2n) is 8.72. The molecule has 10 nitrogen and oxygen atoms in total. The van der Waals surface area contributed by atoms with Gasteiger partial charge in [-0.25, -0.2) is 9.97 Å². The number of carbonyl (C=O) groups excluding carboxylic acids is 2. The van der Waals surface area contributed by atoms with Crippen LogP contribution in [0, 0.1) is 0 Å². The molecule has 0 fully saturated rings. The highest BCUT2D eigenvalue weighted by atomic mass is 16.5. The lowest BCUT2D eigenvalue weighted by Gasteiger charge is -2.18. The van der Waals surface area contributed by atoms with Crippen LogP contribution in [0.25, 0.3) is 16.5 Å². The van der Waals surface area contributed by atoms with Gasteiger partial charge in [-0.2, -0.15) is 0 Å². The zero-order valence-electron chi connectivity index (χ0n) is 21.9. The fourth-order valence-corrected chi connectivity index (χ4v) is 4.11. The van der Waals surface area contributed by atoms with E-state index in [-0.39, 0.29) is 23.7 Å². The van der Waals surface area contributed by atoms with Crippen LogP contribution in [-0.2, 0) is 20.9 Å². The first-order chi connectivity index (χ1) is 19.6. The second kappa shape index (κ2) is 12.2. The molecule has 40 heavy (non-hydrogen) atoms. The molecule has 0 amide bonds. The van der Waals surface area contributed by atoms with Crippen LogP contribution in [0.15, 0.2) is 79.4 Å². The minimum absolute atomic E-state index is 0.242. The molecule has 0 saturated carbocycles. The summed E-state index contributed by atoms with van der Waals surface area (Å²) in [6.07, 6.45) is 8.67. The van der Waals surface area contributed by atoms with E-state index in [0.29, 0.717) is 58.4 Å². The third-order valence-electron chi connectivity index (χ3n) is 6.08. The van der Waals surface area contributed by atoms with Crippen molar-refractivity contribution in [3.8, 4) is 17.2 Å². The molecule has 0 atom stereocenters. The van der Waals surface area contributed by atoms with Gasteiger partial charge in [-0.3, -0.25) is 14.6 Å². The van der Waals surface area contributed by atoms with Gasteiger partial charge in [0.05, 0.1) is 19.2 Å². The molecule has 202 valence electrons. The van der Waals surface area contributed by atoms with Gasteiger partial charge in [0.1, 0.15) is 31.1 Å². The number of aromatic nitrogens is 3. The van der Waals surface area contributed by atoms with E-state index in [4.69, 9.17) is 18.9 Å². The SMILES string of the molecule is COCCOc1cc2ncnc(Nc3ccc(OCc4cccnc4)cc3C3=CC(=O)C=CC3=O)c2cc1OC. The highest BCUT2D eigenvalue weighted by molar-refractivity contribution is 6.34. The molecule has 1 aliphatic rings. The number of nitrogens with zero attached hydrogens (tertiary/aromatic N) is 3. The maximum Gasteiger partial charge on any atom is 0.186 e. The van der Waals surface area contributed by atoms with Crippen molar-refractivity contribution < 1.29 is 28.5 Å². The number of allylic oxidation sites excluding steroid dienone is 4. The van der Waals surface area contributed by atoms with Crippen molar-refractivity contribution in [2.75, 3.05) is 32.8 Å². The van der Waals surface area contributed by atoms with Gasteiger partial charge in [-0.15, -0.1) is 0 Å². The highest BCUT2D eigenvalue weighted by Gasteiger charge is 2.20. The molecule has 5 rings (SSSR count). The van der Waals surface area contributed by atoms with Crippen molar-refractivity contribution in [3.05, 3.63) is 90.5 Å². The van der Waals surface area contributed by atoms with Crippen LogP contribution < -0.4 is 19.5 Å². The molecule has 2 aromatic carbocycles. The van der Waals surface area contributed by atoms with E-state index in [1.807, 2.05) is 12.1 Å². The number of ketones is 2. The fraction of sp³-hybridized carbons (Fsp3) is 0.167. The Morgan fingerprint density at radius 3 is 2.62 bits per heavy atom. The molecule has 2 heterocycles.